The van der Waals surface area contributed by atoms with E-state index in [0.29, 0.717) is 46.5 Å². The van der Waals surface area contributed by atoms with Crippen LogP contribution in [0.25, 0.3) is 10.8 Å². The highest BCUT2D eigenvalue weighted by atomic mass is 32.1. The van der Waals surface area contributed by atoms with Crippen molar-refractivity contribution in [3.63, 3.8) is 0 Å². The molecule has 0 aliphatic rings. The van der Waals surface area contributed by atoms with Crippen LogP contribution in [0.5, 0.6) is 0 Å². The number of anilines is 2. The monoisotopic (exact) mass is 535 g/mol. The Morgan fingerprint density at radius 2 is 1.81 bits per heavy atom. The number of aromatic nitrogens is 2. The number of hydrogen-bond donors (Lipinski definition) is 2. The van der Waals surface area contributed by atoms with Gasteiger partial charge in [0.2, 0.25) is 0 Å². The second-order valence-electron chi connectivity index (χ2n) is 8.35. The molecule has 0 aliphatic heterocycles. The number of nitrogens with zero attached hydrogens (tertiary/aromatic N) is 3. The maximum atomic E-state index is 13.0. The van der Waals surface area contributed by atoms with E-state index in [9.17, 15) is 9.59 Å². The lowest BCUT2D eigenvalue weighted by Crippen LogP contribution is -2.30. The molecule has 4 rings (SSSR count). The minimum absolute atomic E-state index is 0.128. The number of amides is 1. The Balaban J connectivity index is 1.51. The van der Waals surface area contributed by atoms with E-state index in [1.165, 1.54) is 29.2 Å². The van der Waals surface area contributed by atoms with Gasteiger partial charge in [-0.2, -0.15) is 5.10 Å². The second-order valence-corrected chi connectivity index (χ2v) is 9.77. The van der Waals surface area contributed by atoms with Gasteiger partial charge in [-0.05, 0) is 54.9 Å². The van der Waals surface area contributed by atoms with Crippen molar-refractivity contribution in [1.82, 2.24) is 14.7 Å². The molecule has 4 aromatic rings. The first kappa shape index (κ1) is 26.3. The molecule has 192 valence electrons. The van der Waals surface area contributed by atoms with Crippen LogP contribution in [0.1, 0.15) is 45.0 Å². The van der Waals surface area contributed by atoms with Crippen LogP contribution in [0.4, 0.5) is 10.8 Å². The van der Waals surface area contributed by atoms with Crippen LogP contribution >= 0.6 is 23.6 Å². The lowest BCUT2D eigenvalue weighted by molar-refractivity contribution is 0.0601. The fraction of sp³-hybridized carbons (Fsp3) is 0.259. The summed E-state index contributed by atoms with van der Waals surface area (Å²) >= 11 is 6.69. The van der Waals surface area contributed by atoms with Gasteiger partial charge in [0, 0.05) is 25.4 Å². The number of esters is 1. The molecular formula is C27H29N5O3S2. The number of hydrogen-bond acceptors (Lipinski definition) is 6. The maximum Gasteiger partial charge on any atom is 0.341 e. The van der Waals surface area contributed by atoms with Gasteiger partial charge in [0.15, 0.2) is 10.9 Å². The Kier molecular flexibility index (Phi) is 8.20. The van der Waals surface area contributed by atoms with E-state index >= 15 is 0 Å². The highest BCUT2D eigenvalue weighted by Crippen LogP contribution is 2.34. The Hall–Kier alpha value is -3.76. The van der Waals surface area contributed by atoms with Gasteiger partial charge in [0.1, 0.15) is 5.00 Å². The van der Waals surface area contributed by atoms with Crippen LogP contribution in [0.15, 0.2) is 54.7 Å². The highest BCUT2D eigenvalue weighted by Gasteiger charge is 2.27. The van der Waals surface area contributed by atoms with E-state index in [1.54, 1.807) is 11.8 Å². The van der Waals surface area contributed by atoms with Crippen LogP contribution in [0, 0.1) is 6.92 Å². The summed E-state index contributed by atoms with van der Waals surface area (Å²) in [6.07, 6.45) is 1.88. The number of carbonyl (C=O) groups excluding carboxylic acids is 2. The number of nitrogens with one attached hydrogen (secondary N) is 2. The molecule has 0 unspecified atom stereocenters. The largest absolute Gasteiger partial charge is 0.465 e. The second kappa shape index (κ2) is 11.5. The van der Waals surface area contributed by atoms with Gasteiger partial charge in [0.05, 0.1) is 24.1 Å². The van der Waals surface area contributed by atoms with Crippen molar-refractivity contribution < 1.29 is 14.3 Å². The molecule has 1 amide bonds. The molecule has 0 radical (unpaired) electrons. The summed E-state index contributed by atoms with van der Waals surface area (Å²) in [7, 11) is 1.31. The molecule has 0 saturated heterocycles. The number of ether oxygens (including phenoxy) is 1. The average Bonchev–Trinajstić information content (AvgIpc) is 3.47. The molecule has 8 nitrogen and oxygen atoms in total. The zero-order chi connectivity index (χ0) is 26.5. The normalized spacial score (nSPS) is 10.8. The number of carbonyl (C=O) groups is 2. The number of rotatable bonds is 8. The van der Waals surface area contributed by atoms with Gasteiger partial charge in [-0.1, -0.05) is 42.5 Å². The van der Waals surface area contributed by atoms with E-state index in [-0.39, 0.29) is 11.0 Å². The first-order valence-corrected chi connectivity index (χ1v) is 13.2. The van der Waals surface area contributed by atoms with Crippen LogP contribution in [-0.2, 0) is 11.3 Å². The smallest absolute Gasteiger partial charge is 0.341 e. The molecule has 0 aliphatic carbocycles. The average molecular weight is 536 g/mol. The summed E-state index contributed by atoms with van der Waals surface area (Å²) in [4.78, 5) is 27.8. The molecule has 0 atom stereocenters. The van der Waals surface area contributed by atoms with Gasteiger partial charge >= 0.3 is 5.97 Å². The predicted molar refractivity (Wildman–Crippen MR) is 153 cm³/mol. The van der Waals surface area contributed by atoms with Crippen molar-refractivity contribution in [2.75, 3.05) is 30.8 Å². The van der Waals surface area contributed by atoms with Gasteiger partial charge < -0.3 is 20.3 Å². The lowest BCUT2D eigenvalue weighted by atomic mass is 10.0. The molecule has 0 bridgehead atoms. The lowest BCUT2D eigenvalue weighted by Gasteiger charge is -2.17. The van der Waals surface area contributed by atoms with E-state index in [4.69, 9.17) is 17.0 Å². The molecule has 2 N–H and O–H groups in total. The van der Waals surface area contributed by atoms with Crippen LogP contribution < -0.4 is 10.6 Å². The Morgan fingerprint density at radius 1 is 1.08 bits per heavy atom. The van der Waals surface area contributed by atoms with Gasteiger partial charge in [-0.25, -0.2) is 4.79 Å². The summed E-state index contributed by atoms with van der Waals surface area (Å²) in [5.74, 6) is -0.0983. The third kappa shape index (κ3) is 5.65. The first-order chi connectivity index (χ1) is 17.9. The fourth-order valence-electron chi connectivity index (χ4n) is 4.18. The van der Waals surface area contributed by atoms with Crippen LogP contribution in [0.3, 0.4) is 0 Å². The summed E-state index contributed by atoms with van der Waals surface area (Å²) in [5.41, 5.74) is 2.03. The fourth-order valence-corrected chi connectivity index (χ4v) is 5.62. The molecule has 2 heterocycles. The van der Waals surface area contributed by atoms with Gasteiger partial charge in [-0.15, -0.1) is 11.3 Å². The van der Waals surface area contributed by atoms with E-state index in [0.717, 1.165) is 5.56 Å². The zero-order valence-corrected chi connectivity index (χ0v) is 22.8. The molecule has 0 saturated carbocycles. The molecular weight excluding hydrogens is 506 g/mol. The van der Waals surface area contributed by atoms with E-state index in [1.807, 2.05) is 49.0 Å². The Morgan fingerprint density at radius 3 is 2.54 bits per heavy atom. The van der Waals surface area contributed by atoms with E-state index in [2.05, 4.69) is 40.0 Å². The SMILES string of the molecule is CCN(CC)C(=O)c1sc(NC(=S)Nc2ccn(Cc3cccc4ccccc34)n2)c(C(=O)OC)c1C. The van der Waals surface area contributed by atoms with Gasteiger partial charge in [0.25, 0.3) is 5.91 Å². The summed E-state index contributed by atoms with van der Waals surface area (Å²) < 4.78 is 6.81. The molecule has 0 fully saturated rings. The predicted octanol–water partition coefficient (Wildman–Crippen LogP) is 5.53. The van der Waals surface area contributed by atoms with Crippen molar-refractivity contribution in [2.24, 2.45) is 0 Å². The number of methoxy groups -OCH3 is 1. The van der Waals surface area contributed by atoms with E-state index < -0.39 is 5.97 Å². The zero-order valence-electron chi connectivity index (χ0n) is 21.2. The summed E-state index contributed by atoms with van der Waals surface area (Å²) in [6, 6.07) is 16.3. The first-order valence-electron chi connectivity index (χ1n) is 11.9. The van der Waals surface area contributed by atoms with Crippen molar-refractivity contribution in [1.29, 1.82) is 0 Å². The van der Waals surface area contributed by atoms with Crippen molar-refractivity contribution in [2.45, 2.75) is 27.3 Å². The number of fused-ring (bicyclic) bond motifs is 1. The molecule has 37 heavy (non-hydrogen) atoms. The Bertz CT molecular complexity index is 1450. The third-order valence-electron chi connectivity index (χ3n) is 6.10. The molecule has 2 aromatic heterocycles. The summed E-state index contributed by atoms with van der Waals surface area (Å²) in [6.45, 7) is 7.34. The molecule has 2 aromatic carbocycles. The van der Waals surface area contributed by atoms with Crippen LogP contribution in [0.2, 0.25) is 0 Å². The van der Waals surface area contributed by atoms with Gasteiger partial charge in [-0.3, -0.25) is 9.48 Å². The number of thiocarbonyl (C=S) groups is 1. The van der Waals surface area contributed by atoms with Crippen molar-refractivity contribution in [3.05, 3.63) is 76.3 Å². The van der Waals surface area contributed by atoms with Crippen molar-refractivity contribution >= 4 is 62.1 Å². The summed E-state index contributed by atoms with van der Waals surface area (Å²) in [5, 5.41) is 13.8. The number of benzene rings is 2. The molecule has 0 spiro atoms. The topological polar surface area (TPSA) is 88.5 Å². The van der Waals surface area contributed by atoms with Crippen molar-refractivity contribution in [3.8, 4) is 0 Å². The minimum Gasteiger partial charge on any atom is -0.465 e. The highest BCUT2D eigenvalue weighted by molar-refractivity contribution is 7.80. The van der Waals surface area contributed by atoms with Crippen LogP contribution in [-0.4, -0.2) is 51.9 Å². The maximum absolute atomic E-state index is 13.0. The number of thiophene rings is 1. The Labute approximate surface area is 225 Å². The quantitative estimate of drug-likeness (QED) is 0.226. The third-order valence-corrected chi connectivity index (χ3v) is 7.50. The minimum atomic E-state index is -0.531. The molecule has 10 heteroatoms. The standard InChI is InChI=1S/C27H29N5O3S2/c1-5-31(6-2)25(33)23-17(3)22(26(34)35-4)24(37-23)29-27(36)28-21-14-15-32(30-21)16-19-12-9-11-18-10-7-8-13-20(18)19/h7-15H,5-6,16H2,1-4H3,(H2,28,29,30,36).